The molecule has 0 bridgehead atoms. The second kappa shape index (κ2) is 3.29. The molecule has 13 heavy (non-hydrogen) atoms. The van der Waals surface area contributed by atoms with E-state index in [0.717, 1.165) is 12.5 Å². The van der Waals surface area contributed by atoms with E-state index in [1.807, 2.05) is 11.8 Å². The van der Waals surface area contributed by atoms with Crippen molar-refractivity contribution in [3.05, 3.63) is 0 Å². The Morgan fingerprint density at radius 3 is 2.77 bits per heavy atom. The molecule has 0 N–H and O–H groups in total. The van der Waals surface area contributed by atoms with Crippen LogP contribution in [0.2, 0.25) is 0 Å². The summed E-state index contributed by atoms with van der Waals surface area (Å²) in [6, 6.07) is 0.252. The van der Waals surface area contributed by atoms with E-state index in [-0.39, 0.29) is 24.7 Å². The Morgan fingerprint density at radius 1 is 1.46 bits per heavy atom. The van der Waals surface area contributed by atoms with Crippen LogP contribution in [0, 0.1) is 5.92 Å². The Kier molecular flexibility index (Phi) is 2.28. The average molecular weight is 183 g/mol. The molecule has 1 amide bonds. The molecule has 1 aliphatic carbocycles. The molecule has 1 saturated carbocycles. The van der Waals surface area contributed by atoms with Gasteiger partial charge in [-0.2, -0.15) is 0 Å². The topological polar surface area (TPSA) is 29.5 Å². The Balaban J connectivity index is 1.97. The first-order chi connectivity index (χ1) is 6.18. The summed E-state index contributed by atoms with van der Waals surface area (Å²) in [6.07, 6.45) is 2.79. The molecule has 0 aromatic carbocycles. The van der Waals surface area contributed by atoms with Crippen LogP contribution in [0.3, 0.4) is 0 Å². The zero-order chi connectivity index (χ0) is 9.42. The summed E-state index contributed by atoms with van der Waals surface area (Å²) < 4.78 is 5.34. The quantitative estimate of drug-likeness (QED) is 0.640. The van der Waals surface area contributed by atoms with Crippen LogP contribution in [0.5, 0.6) is 0 Å². The molecule has 0 aromatic rings. The van der Waals surface area contributed by atoms with Crippen LogP contribution in [0.4, 0.5) is 0 Å². The smallest absolute Gasteiger partial charge is 0.248 e. The van der Waals surface area contributed by atoms with Crippen LogP contribution < -0.4 is 0 Å². The molecule has 2 fully saturated rings. The van der Waals surface area contributed by atoms with Gasteiger partial charge in [0.1, 0.15) is 6.61 Å². The number of ether oxygens (including phenoxy) is 1. The van der Waals surface area contributed by atoms with E-state index in [4.69, 9.17) is 4.74 Å². The molecule has 3 nitrogen and oxygen atoms in total. The molecule has 1 aliphatic heterocycles. The van der Waals surface area contributed by atoms with E-state index in [0.29, 0.717) is 0 Å². The Bertz CT molecular complexity index is 213. The maximum absolute atomic E-state index is 11.5. The van der Waals surface area contributed by atoms with Gasteiger partial charge in [0.25, 0.3) is 0 Å². The van der Waals surface area contributed by atoms with Gasteiger partial charge in [-0.1, -0.05) is 0 Å². The van der Waals surface area contributed by atoms with E-state index in [2.05, 4.69) is 6.92 Å². The van der Waals surface area contributed by atoms with Gasteiger partial charge < -0.3 is 9.64 Å². The summed E-state index contributed by atoms with van der Waals surface area (Å²) >= 11 is 0. The van der Waals surface area contributed by atoms with Gasteiger partial charge in [0.15, 0.2) is 0 Å². The summed E-state index contributed by atoms with van der Waals surface area (Å²) in [5.74, 6) is 0.939. The van der Waals surface area contributed by atoms with Crippen molar-refractivity contribution in [2.75, 3.05) is 13.2 Å². The Morgan fingerprint density at radius 2 is 2.15 bits per heavy atom. The van der Waals surface area contributed by atoms with Gasteiger partial charge in [0.05, 0.1) is 12.1 Å². The number of morpholine rings is 1. The lowest BCUT2D eigenvalue weighted by atomic mass is 10.1. The van der Waals surface area contributed by atoms with Crippen molar-refractivity contribution in [2.45, 2.75) is 38.8 Å². The summed E-state index contributed by atoms with van der Waals surface area (Å²) in [7, 11) is 0. The minimum absolute atomic E-state index is 0.164. The zero-order valence-corrected chi connectivity index (χ0v) is 8.32. The number of amides is 1. The van der Waals surface area contributed by atoms with Crippen LogP contribution in [0.25, 0.3) is 0 Å². The van der Waals surface area contributed by atoms with Crippen LogP contribution in [-0.2, 0) is 9.53 Å². The number of hydrogen-bond donors (Lipinski definition) is 0. The highest BCUT2D eigenvalue weighted by Gasteiger charge is 2.34. The van der Waals surface area contributed by atoms with Gasteiger partial charge in [0, 0.05) is 6.54 Å². The number of carbonyl (C=O) groups excluding carboxylic acids is 1. The van der Waals surface area contributed by atoms with E-state index in [1.54, 1.807) is 0 Å². The van der Waals surface area contributed by atoms with Crippen molar-refractivity contribution < 1.29 is 9.53 Å². The fourth-order valence-corrected chi connectivity index (χ4v) is 1.75. The van der Waals surface area contributed by atoms with Gasteiger partial charge in [-0.25, -0.2) is 0 Å². The SMILES string of the molecule is CC1OCC(=O)N(CC2CC2)C1C. The van der Waals surface area contributed by atoms with Crippen LogP contribution >= 0.6 is 0 Å². The first kappa shape index (κ1) is 9.00. The predicted octanol–water partition coefficient (Wildman–Crippen LogP) is 1.03. The number of hydrogen-bond acceptors (Lipinski definition) is 2. The van der Waals surface area contributed by atoms with E-state index >= 15 is 0 Å². The third-order valence-corrected chi connectivity index (χ3v) is 3.11. The molecule has 2 atom stereocenters. The van der Waals surface area contributed by atoms with Gasteiger partial charge >= 0.3 is 0 Å². The van der Waals surface area contributed by atoms with Crippen molar-refractivity contribution in [1.82, 2.24) is 4.90 Å². The van der Waals surface area contributed by atoms with E-state index in [9.17, 15) is 4.79 Å². The lowest BCUT2D eigenvalue weighted by Gasteiger charge is -2.37. The number of carbonyl (C=O) groups is 1. The summed E-state index contributed by atoms with van der Waals surface area (Å²) in [5.41, 5.74) is 0. The average Bonchev–Trinajstić information content (AvgIpc) is 2.89. The van der Waals surface area contributed by atoms with Gasteiger partial charge in [0.2, 0.25) is 5.91 Å². The zero-order valence-electron chi connectivity index (χ0n) is 8.32. The first-order valence-corrected chi connectivity index (χ1v) is 5.09. The molecule has 2 aliphatic rings. The largest absolute Gasteiger partial charge is 0.367 e. The van der Waals surface area contributed by atoms with Crippen LogP contribution in [0.15, 0.2) is 0 Å². The lowest BCUT2D eigenvalue weighted by molar-refractivity contribution is -0.154. The second-order valence-corrected chi connectivity index (χ2v) is 4.25. The fraction of sp³-hybridized carbons (Fsp3) is 0.900. The molecule has 0 radical (unpaired) electrons. The number of nitrogens with zero attached hydrogens (tertiary/aromatic N) is 1. The van der Waals surface area contributed by atoms with Crippen molar-refractivity contribution >= 4 is 5.91 Å². The van der Waals surface area contributed by atoms with Crippen molar-refractivity contribution in [2.24, 2.45) is 5.92 Å². The molecule has 1 heterocycles. The molecule has 2 rings (SSSR count). The van der Waals surface area contributed by atoms with Crippen molar-refractivity contribution in [3.63, 3.8) is 0 Å². The van der Waals surface area contributed by atoms with Gasteiger partial charge in [-0.15, -0.1) is 0 Å². The highest BCUT2D eigenvalue weighted by Crippen LogP contribution is 2.31. The summed E-state index contributed by atoms with van der Waals surface area (Å²) in [6.45, 7) is 5.34. The third kappa shape index (κ3) is 1.85. The van der Waals surface area contributed by atoms with Crippen molar-refractivity contribution in [1.29, 1.82) is 0 Å². The van der Waals surface area contributed by atoms with Gasteiger partial charge in [-0.3, -0.25) is 4.79 Å². The minimum Gasteiger partial charge on any atom is -0.367 e. The lowest BCUT2D eigenvalue weighted by Crippen LogP contribution is -2.52. The monoisotopic (exact) mass is 183 g/mol. The Labute approximate surface area is 79.0 Å². The molecule has 0 aromatic heterocycles. The maximum atomic E-state index is 11.5. The van der Waals surface area contributed by atoms with Crippen molar-refractivity contribution in [3.8, 4) is 0 Å². The molecule has 74 valence electrons. The van der Waals surface area contributed by atoms with Crippen LogP contribution in [0.1, 0.15) is 26.7 Å². The molecule has 2 unspecified atom stereocenters. The highest BCUT2D eigenvalue weighted by atomic mass is 16.5. The fourth-order valence-electron chi connectivity index (χ4n) is 1.75. The molecular formula is C10H17NO2. The highest BCUT2D eigenvalue weighted by molar-refractivity contribution is 5.78. The summed E-state index contributed by atoms with van der Waals surface area (Å²) in [5, 5.41) is 0. The minimum atomic E-state index is 0.164. The van der Waals surface area contributed by atoms with Crippen LogP contribution in [-0.4, -0.2) is 36.1 Å². The Hall–Kier alpha value is -0.570. The molecule has 0 spiro atoms. The normalized spacial score (nSPS) is 35.2. The molecule has 1 saturated heterocycles. The first-order valence-electron chi connectivity index (χ1n) is 5.09. The molecule has 3 heteroatoms. The van der Waals surface area contributed by atoms with E-state index in [1.165, 1.54) is 12.8 Å². The van der Waals surface area contributed by atoms with Gasteiger partial charge in [-0.05, 0) is 32.6 Å². The second-order valence-electron chi connectivity index (χ2n) is 4.25. The molecular weight excluding hydrogens is 166 g/mol. The predicted molar refractivity (Wildman–Crippen MR) is 49.3 cm³/mol. The number of rotatable bonds is 2. The standard InChI is InChI=1S/C10H17NO2/c1-7-8(2)13-6-10(12)11(7)5-9-3-4-9/h7-9H,3-6H2,1-2H3. The third-order valence-electron chi connectivity index (χ3n) is 3.11. The van der Waals surface area contributed by atoms with E-state index < -0.39 is 0 Å². The maximum Gasteiger partial charge on any atom is 0.248 e. The summed E-state index contributed by atoms with van der Waals surface area (Å²) in [4.78, 5) is 13.5.